The third kappa shape index (κ3) is 2.93. The van der Waals surface area contributed by atoms with Crippen LogP contribution in [-0.4, -0.2) is 23.2 Å². The van der Waals surface area contributed by atoms with Crippen LogP contribution >= 0.6 is 0 Å². The van der Waals surface area contributed by atoms with Gasteiger partial charge in [-0.1, -0.05) is 42.5 Å². The van der Waals surface area contributed by atoms with Gasteiger partial charge in [-0.2, -0.15) is 0 Å². The van der Waals surface area contributed by atoms with E-state index in [9.17, 15) is 9.90 Å². The summed E-state index contributed by atoms with van der Waals surface area (Å²) in [5, 5.41) is 15.2. The second kappa shape index (κ2) is 5.49. The molecule has 110 valence electrons. The number of fused-ring (bicyclic) bond motifs is 1. The molecule has 3 nitrogen and oxygen atoms in total. The number of amides is 1. The molecule has 2 aromatic carbocycles. The zero-order valence-electron chi connectivity index (χ0n) is 12.3. The highest BCUT2D eigenvalue weighted by molar-refractivity contribution is 5.87. The van der Waals surface area contributed by atoms with Crippen LogP contribution < -0.4 is 5.32 Å². The predicted molar refractivity (Wildman–Crippen MR) is 84.2 cm³/mol. The fourth-order valence-corrected chi connectivity index (χ4v) is 2.79. The molecule has 1 aliphatic carbocycles. The van der Waals surface area contributed by atoms with Crippen LogP contribution in [0.1, 0.15) is 37.7 Å². The molecule has 0 aromatic heterocycles. The molecule has 1 aliphatic rings. The largest absolute Gasteiger partial charge is 0.388 e. The van der Waals surface area contributed by atoms with Crippen LogP contribution in [-0.2, 0) is 4.79 Å². The van der Waals surface area contributed by atoms with E-state index in [0.29, 0.717) is 6.54 Å². The summed E-state index contributed by atoms with van der Waals surface area (Å²) in [6.45, 7) is 2.27. The molecule has 0 bridgehead atoms. The van der Waals surface area contributed by atoms with Gasteiger partial charge in [0.05, 0.1) is 11.5 Å². The van der Waals surface area contributed by atoms with Gasteiger partial charge >= 0.3 is 0 Å². The van der Waals surface area contributed by atoms with Crippen molar-refractivity contribution >= 4 is 16.7 Å². The molecule has 0 saturated heterocycles. The summed E-state index contributed by atoms with van der Waals surface area (Å²) in [7, 11) is 0. The molecule has 0 radical (unpaired) electrons. The summed E-state index contributed by atoms with van der Waals surface area (Å²) in [5.74, 6) is -0.233. The molecule has 1 fully saturated rings. The molecule has 1 amide bonds. The lowest BCUT2D eigenvalue weighted by Gasteiger charge is -2.36. The molecule has 2 N–H and O–H groups in total. The van der Waals surface area contributed by atoms with Gasteiger partial charge in [-0.25, -0.2) is 0 Å². The number of hydrogen-bond donors (Lipinski definition) is 2. The van der Waals surface area contributed by atoms with Crippen molar-refractivity contribution in [1.82, 2.24) is 5.32 Å². The molecular formula is C18H21NO2. The Bertz CT molecular complexity index is 661. The molecular weight excluding hydrogens is 262 g/mol. The summed E-state index contributed by atoms with van der Waals surface area (Å²) in [5.41, 5.74) is 0.338. The van der Waals surface area contributed by atoms with Gasteiger partial charge in [-0.3, -0.25) is 4.79 Å². The summed E-state index contributed by atoms with van der Waals surface area (Å²) in [4.78, 5) is 12.2. The molecule has 1 atom stereocenters. The minimum absolute atomic E-state index is 0.0226. The van der Waals surface area contributed by atoms with Crippen LogP contribution in [0.4, 0.5) is 0 Å². The maximum Gasteiger partial charge on any atom is 0.227 e. The van der Waals surface area contributed by atoms with E-state index >= 15 is 0 Å². The fraction of sp³-hybridized carbons (Fsp3) is 0.389. The minimum atomic E-state index is -0.668. The van der Waals surface area contributed by atoms with Gasteiger partial charge in [-0.15, -0.1) is 0 Å². The first-order valence-electron chi connectivity index (χ1n) is 7.56. The highest BCUT2D eigenvalue weighted by Gasteiger charge is 2.34. The Hall–Kier alpha value is -1.87. The van der Waals surface area contributed by atoms with Crippen LogP contribution in [0.3, 0.4) is 0 Å². The first-order chi connectivity index (χ1) is 10.1. The number of carbonyl (C=O) groups excluding carboxylic acids is 1. The molecule has 3 heteroatoms. The average molecular weight is 283 g/mol. The molecule has 0 heterocycles. The van der Waals surface area contributed by atoms with Crippen molar-refractivity contribution in [1.29, 1.82) is 0 Å². The molecule has 3 rings (SSSR count). The van der Waals surface area contributed by atoms with Crippen molar-refractivity contribution < 1.29 is 9.90 Å². The number of nitrogens with one attached hydrogen (secondary N) is 1. The lowest BCUT2D eigenvalue weighted by Crippen LogP contribution is -2.48. The van der Waals surface area contributed by atoms with Crippen LogP contribution in [0, 0.1) is 0 Å². The van der Waals surface area contributed by atoms with E-state index in [-0.39, 0.29) is 11.8 Å². The Balaban J connectivity index is 1.70. The average Bonchev–Trinajstić information content (AvgIpc) is 2.49. The van der Waals surface area contributed by atoms with E-state index in [2.05, 4.69) is 23.5 Å². The standard InChI is InChI=1S/C18H21NO2/c1-13(17(20)19-12-18(21)9-4-10-18)15-8-7-14-5-2-3-6-16(14)11-15/h2-3,5-8,11,13,21H,4,9-10,12H2,1H3,(H,19,20). The first kappa shape index (κ1) is 14.1. The molecule has 0 spiro atoms. The smallest absolute Gasteiger partial charge is 0.227 e. The minimum Gasteiger partial charge on any atom is -0.388 e. The highest BCUT2D eigenvalue weighted by Crippen LogP contribution is 2.31. The van der Waals surface area contributed by atoms with E-state index in [1.807, 2.05) is 31.2 Å². The van der Waals surface area contributed by atoms with E-state index in [1.54, 1.807) is 0 Å². The third-order valence-electron chi connectivity index (χ3n) is 4.54. The molecule has 1 unspecified atom stereocenters. The Morgan fingerprint density at radius 3 is 2.62 bits per heavy atom. The Labute approximate surface area is 125 Å². The van der Waals surface area contributed by atoms with Crippen LogP contribution in [0.5, 0.6) is 0 Å². The van der Waals surface area contributed by atoms with Gasteiger partial charge in [0.25, 0.3) is 0 Å². The van der Waals surface area contributed by atoms with E-state index < -0.39 is 5.60 Å². The molecule has 1 saturated carbocycles. The molecule has 21 heavy (non-hydrogen) atoms. The van der Waals surface area contributed by atoms with Gasteiger partial charge in [0, 0.05) is 6.54 Å². The Morgan fingerprint density at radius 2 is 1.95 bits per heavy atom. The SMILES string of the molecule is CC(C(=O)NCC1(O)CCC1)c1ccc2ccccc2c1. The molecule has 2 aromatic rings. The van der Waals surface area contributed by atoms with Crippen LogP contribution in [0.25, 0.3) is 10.8 Å². The first-order valence-corrected chi connectivity index (χ1v) is 7.56. The number of aliphatic hydroxyl groups is 1. The third-order valence-corrected chi connectivity index (χ3v) is 4.54. The number of benzene rings is 2. The van der Waals surface area contributed by atoms with Gasteiger partial charge in [-0.05, 0) is 42.5 Å². The maximum absolute atomic E-state index is 12.2. The number of hydrogen-bond acceptors (Lipinski definition) is 2. The monoisotopic (exact) mass is 283 g/mol. The second-order valence-electron chi connectivity index (χ2n) is 6.12. The maximum atomic E-state index is 12.2. The Morgan fingerprint density at radius 1 is 1.24 bits per heavy atom. The zero-order chi connectivity index (χ0) is 14.9. The lowest BCUT2D eigenvalue weighted by molar-refractivity contribution is -0.124. The normalized spacial score (nSPS) is 18.0. The number of rotatable bonds is 4. The number of carbonyl (C=O) groups is 1. The van der Waals surface area contributed by atoms with E-state index in [1.165, 1.54) is 5.39 Å². The van der Waals surface area contributed by atoms with E-state index in [0.717, 1.165) is 30.2 Å². The van der Waals surface area contributed by atoms with Gasteiger partial charge in [0.1, 0.15) is 0 Å². The summed E-state index contributed by atoms with van der Waals surface area (Å²) < 4.78 is 0. The van der Waals surface area contributed by atoms with Crippen molar-refractivity contribution in [3.63, 3.8) is 0 Å². The van der Waals surface area contributed by atoms with Gasteiger partial charge < -0.3 is 10.4 Å². The summed E-state index contributed by atoms with van der Waals surface area (Å²) in [6, 6.07) is 14.3. The fourth-order valence-electron chi connectivity index (χ4n) is 2.79. The van der Waals surface area contributed by atoms with Crippen LogP contribution in [0.2, 0.25) is 0 Å². The van der Waals surface area contributed by atoms with Crippen molar-refractivity contribution in [2.24, 2.45) is 0 Å². The Kier molecular flexibility index (Phi) is 3.68. The van der Waals surface area contributed by atoms with Crippen molar-refractivity contribution in [2.45, 2.75) is 37.7 Å². The van der Waals surface area contributed by atoms with E-state index in [4.69, 9.17) is 0 Å². The van der Waals surface area contributed by atoms with Crippen molar-refractivity contribution in [2.75, 3.05) is 6.54 Å². The lowest BCUT2D eigenvalue weighted by atomic mass is 9.80. The second-order valence-corrected chi connectivity index (χ2v) is 6.12. The highest BCUT2D eigenvalue weighted by atomic mass is 16.3. The predicted octanol–water partition coefficient (Wildman–Crippen LogP) is 2.97. The topological polar surface area (TPSA) is 49.3 Å². The van der Waals surface area contributed by atoms with Gasteiger partial charge in [0.15, 0.2) is 0 Å². The van der Waals surface area contributed by atoms with Gasteiger partial charge in [0.2, 0.25) is 5.91 Å². The summed E-state index contributed by atoms with van der Waals surface area (Å²) >= 11 is 0. The summed E-state index contributed by atoms with van der Waals surface area (Å²) in [6.07, 6.45) is 2.63. The van der Waals surface area contributed by atoms with Crippen molar-refractivity contribution in [3.05, 3.63) is 48.0 Å². The van der Waals surface area contributed by atoms with Crippen LogP contribution in [0.15, 0.2) is 42.5 Å². The van der Waals surface area contributed by atoms with Crippen molar-refractivity contribution in [3.8, 4) is 0 Å². The quantitative estimate of drug-likeness (QED) is 0.906. The molecule has 0 aliphatic heterocycles. The zero-order valence-corrected chi connectivity index (χ0v) is 12.3.